The van der Waals surface area contributed by atoms with Gasteiger partial charge in [0.2, 0.25) is 0 Å². The smallest absolute Gasteiger partial charge is 0.497 e. The van der Waals surface area contributed by atoms with Crippen LogP contribution in [0.1, 0.15) is 107 Å². The average Bonchev–Trinajstić information content (AvgIpc) is 4.11. The molecule has 2 fully saturated rings. The number of nitrogens with one attached hydrogen (secondary N) is 4. The Morgan fingerprint density at radius 2 is 1.38 bits per heavy atom. The van der Waals surface area contributed by atoms with Gasteiger partial charge in [-0.05, 0) is 117 Å². The largest absolute Gasteiger partial charge is 0.573 e. The lowest BCUT2D eigenvalue weighted by atomic mass is 9.81. The first kappa shape index (κ1) is 43.2. The van der Waals surface area contributed by atoms with E-state index < -0.39 is 6.36 Å². The van der Waals surface area contributed by atoms with E-state index >= 15 is 0 Å². The first-order valence-electron chi connectivity index (χ1n) is 21.5. The molecule has 0 saturated heterocycles. The fourth-order valence-electron chi connectivity index (χ4n) is 9.16. The van der Waals surface area contributed by atoms with Gasteiger partial charge in [-0.25, -0.2) is 14.3 Å². The minimum atomic E-state index is -4.86. The number of aromatic amines is 2. The molecule has 15 nitrogen and oxygen atoms in total. The molecule has 4 N–H and O–H groups in total. The van der Waals surface area contributed by atoms with E-state index in [4.69, 9.17) is 4.74 Å². The Bertz CT molecular complexity index is 2510. The van der Waals surface area contributed by atoms with Gasteiger partial charge in [0, 0.05) is 67.5 Å². The van der Waals surface area contributed by atoms with Crippen molar-refractivity contribution in [2.45, 2.75) is 89.5 Å². The third-order valence-corrected chi connectivity index (χ3v) is 12.4. The number of ether oxygens (including phenoxy) is 2. The van der Waals surface area contributed by atoms with E-state index in [9.17, 15) is 22.8 Å². The second-order valence-corrected chi connectivity index (χ2v) is 16.7. The predicted octanol–water partition coefficient (Wildman–Crippen LogP) is 7.66. The lowest BCUT2D eigenvalue weighted by molar-refractivity contribution is -0.274. The molecule has 0 bridgehead atoms. The van der Waals surface area contributed by atoms with Gasteiger partial charge in [0.25, 0.3) is 11.8 Å². The Balaban J connectivity index is 0.887. The number of hydrogen-bond donors (Lipinski definition) is 4. The number of halogens is 3. The van der Waals surface area contributed by atoms with Gasteiger partial charge < -0.3 is 30.1 Å². The number of carbonyl (C=O) groups excluding carboxylic acids is 2. The Hall–Kier alpha value is -6.46. The Kier molecular flexibility index (Phi) is 12.9. The van der Waals surface area contributed by atoms with E-state index in [0.29, 0.717) is 60.1 Å². The van der Waals surface area contributed by atoms with E-state index in [0.717, 1.165) is 85.7 Å². The molecule has 18 heteroatoms. The highest BCUT2D eigenvalue weighted by Crippen LogP contribution is 2.37. The molecule has 63 heavy (non-hydrogen) atoms. The van der Waals surface area contributed by atoms with Crippen molar-refractivity contribution in [2.24, 2.45) is 18.9 Å². The summed E-state index contributed by atoms with van der Waals surface area (Å²) in [5.41, 5.74) is 4.98. The predicted molar refractivity (Wildman–Crippen MR) is 227 cm³/mol. The van der Waals surface area contributed by atoms with Gasteiger partial charge in [-0.3, -0.25) is 9.59 Å². The standard InChI is InChI=1S/C45H52F3N11O4/c1-27-20-37(39(53-27)32-6-4-8-35(21-32)62-3)43(60)49-24-28-10-14-30(15-11-28)41-51-26-52-59(41)19-18-34-23-38(40(54-34)33-7-5-9-36(22-33)63-45(46,47)48)44(61)50-25-29-12-16-31(17-13-29)42-55-56-57-58(42)2/h4-9,20-23,26,28-31,53-54H,10-19,24-25H2,1-3H3,(H,49,60)(H,50,61). The van der Waals surface area contributed by atoms with Crippen LogP contribution in [0, 0.1) is 18.8 Å². The maximum atomic E-state index is 13.8. The maximum Gasteiger partial charge on any atom is 0.573 e. The van der Waals surface area contributed by atoms with Crippen LogP contribution >= 0.6 is 0 Å². The number of carbonyl (C=O) groups is 2. The molecular weight excluding hydrogens is 816 g/mol. The second kappa shape index (κ2) is 18.9. The van der Waals surface area contributed by atoms with E-state index in [1.54, 1.807) is 30.3 Å². The Labute approximate surface area is 362 Å². The van der Waals surface area contributed by atoms with Gasteiger partial charge in [-0.1, -0.05) is 24.3 Å². The zero-order valence-corrected chi connectivity index (χ0v) is 35.5. The van der Waals surface area contributed by atoms with Crippen molar-refractivity contribution in [3.8, 4) is 34.0 Å². The lowest BCUT2D eigenvalue weighted by Gasteiger charge is -2.28. The van der Waals surface area contributed by atoms with E-state index in [2.05, 4.69) is 50.9 Å². The number of aryl methyl sites for hydroxylation is 4. The molecular formula is C45H52F3N11O4. The lowest BCUT2D eigenvalue weighted by Crippen LogP contribution is -2.31. The van der Waals surface area contributed by atoms with Crippen LogP contribution < -0.4 is 20.1 Å². The molecule has 332 valence electrons. The van der Waals surface area contributed by atoms with E-state index in [-0.39, 0.29) is 35.3 Å². The van der Waals surface area contributed by atoms with Crippen molar-refractivity contribution in [1.82, 2.24) is 55.6 Å². The van der Waals surface area contributed by atoms with Crippen molar-refractivity contribution in [2.75, 3.05) is 20.2 Å². The summed E-state index contributed by atoms with van der Waals surface area (Å²) < 4.78 is 52.7. The number of alkyl halides is 3. The molecule has 6 aromatic rings. The first-order valence-corrected chi connectivity index (χ1v) is 21.5. The van der Waals surface area contributed by atoms with Gasteiger partial charge in [0.05, 0.1) is 29.6 Å². The van der Waals surface area contributed by atoms with Crippen molar-refractivity contribution in [3.05, 3.63) is 101 Å². The molecule has 2 saturated carbocycles. The normalized spacial score (nSPS) is 19.1. The zero-order chi connectivity index (χ0) is 44.1. The van der Waals surface area contributed by atoms with Gasteiger partial charge in [-0.2, -0.15) is 5.10 Å². The Morgan fingerprint density at radius 3 is 1.98 bits per heavy atom. The number of aromatic nitrogens is 9. The average molecular weight is 868 g/mol. The number of nitrogens with zero attached hydrogens (tertiary/aromatic N) is 7. The number of H-pyrrole nitrogens is 2. The van der Waals surface area contributed by atoms with Gasteiger partial charge in [-0.15, -0.1) is 18.3 Å². The van der Waals surface area contributed by atoms with Crippen molar-refractivity contribution in [1.29, 1.82) is 0 Å². The zero-order valence-electron chi connectivity index (χ0n) is 35.5. The molecule has 2 aliphatic carbocycles. The number of amides is 2. The van der Waals surface area contributed by atoms with Gasteiger partial charge in [0.15, 0.2) is 5.82 Å². The summed E-state index contributed by atoms with van der Waals surface area (Å²) in [5.74, 6) is 2.70. The summed E-state index contributed by atoms with van der Waals surface area (Å²) in [7, 11) is 3.45. The number of hydrogen-bond acceptors (Lipinski definition) is 9. The van der Waals surface area contributed by atoms with Crippen molar-refractivity contribution >= 4 is 11.8 Å². The van der Waals surface area contributed by atoms with E-state index in [1.165, 1.54) is 18.2 Å². The highest BCUT2D eigenvalue weighted by molar-refractivity contribution is 6.01. The van der Waals surface area contributed by atoms with Crippen LogP contribution in [-0.2, 0) is 20.0 Å². The molecule has 0 unspecified atom stereocenters. The highest BCUT2D eigenvalue weighted by atomic mass is 19.4. The summed E-state index contributed by atoms with van der Waals surface area (Å²) in [4.78, 5) is 38.6. The molecule has 4 heterocycles. The van der Waals surface area contributed by atoms with Crippen LogP contribution in [0.3, 0.4) is 0 Å². The van der Waals surface area contributed by atoms with Crippen LogP contribution in [0.2, 0.25) is 0 Å². The molecule has 2 amide bonds. The minimum absolute atomic E-state index is 0.120. The molecule has 2 aliphatic rings. The monoisotopic (exact) mass is 867 g/mol. The third-order valence-electron chi connectivity index (χ3n) is 12.4. The quantitative estimate of drug-likeness (QED) is 0.0806. The summed E-state index contributed by atoms with van der Waals surface area (Å²) in [6.45, 7) is 3.44. The van der Waals surface area contributed by atoms with Crippen LogP contribution in [0.15, 0.2) is 67.0 Å². The third kappa shape index (κ3) is 10.4. The summed E-state index contributed by atoms with van der Waals surface area (Å²) in [6.07, 6.45) is 4.41. The Morgan fingerprint density at radius 1 is 0.794 bits per heavy atom. The number of rotatable bonds is 15. The van der Waals surface area contributed by atoms with E-state index in [1.807, 2.05) is 49.0 Å². The molecule has 0 radical (unpaired) electrons. The van der Waals surface area contributed by atoms with Crippen molar-refractivity contribution < 1.29 is 32.2 Å². The minimum Gasteiger partial charge on any atom is -0.497 e. The first-order chi connectivity index (χ1) is 30.4. The molecule has 0 aliphatic heterocycles. The molecule has 0 atom stereocenters. The van der Waals surface area contributed by atoms with Crippen molar-refractivity contribution in [3.63, 3.8) is 0 Å². The SMILES string of the molecule is COc1cccc(-c2[nH]c(C)cc2C(=O)NCC2CCC(c3ncnn3CCc3cc(C(=O)NCC4CCC(c5nnnn5C)CC4)c(-c4cccc(OC(F)(F)F)c4)[nH]3)CC2)c1. The fourth-order valence-corrected chi connectivity index (χ4v) is 9.16. The van der Waals surface area contributed by atoms with Crippen LogP contribution in [0.5, 0.6) is 11.5 Å². The molecule has 0 spiro atoms. The molecule has 2 aromatic carbocycles. The van der Waals surface area contributed by atoms with Gasteiger partial charge >= 0.3 is 6.36 Å². The topological polar surface area (TPSA) is 183 Å². The number of tetrazole rings is 1. The fraction of sp³-hybridized carbons (Fsp3) is 0.444. The molecule has 4 aromatic heterocycles. The maximum absolute atomic E-state index is 13.8. The van der Waals surface area contributed by atoms with Crippen LogP contribution in [-0.4, -0.2) is 83.3 Å². The highest BCUT2D eigenvalue weighted by Gasteiger charge is 2.32. The molecule has 8 rings (SSSR count). The van der Waals surface area contributed by atoms with Crippen LogP contribution in [0.4, 0.5) is 13.2 Å². The summed E-state index contributed by atoms with van der Waals surface area (Å²) in [5, 5.41) is 22.7. The summed E-state index contributed by atoms with van der Waals surface area (Å²) in [6, 6.07) is 16.9. The second-order valence-electron chi connectivity index (χ2n) is 16.7. The number of methoxy groups -OCH3 is 1. The van der Waals surface area contributed by atoms with Crippen LogP contribution in [0.25, 0.3) is 22.5 Å². The summed E-state index contributed by atoms with van der Waals surface area (Å²) >= 11 is 0. The number of benzene rings is 2. The van der Waals surface area contributed by atoms with Gasteiger partial charge in [0.1, 0.15) is 23.7 Å².